The zero-order valence-corrected chi connectivity index (χ0v) is 8.99. The van der Waals surface area contributed by atoms with Crippen molar-refractivity contribution in [1.82, 2.24) is 0 Å². The number of alkyl halides is 3. The van der Waals surface area contributed by atoms with Crippen LogP contribution in [0.2, 0.25) is 0 Å². The molecule has 0 aromatic heterocycles. The van der Waals surface area contributed by atoms with Gasteiger partial charge in [0.05, 0.1) is 11.3 Å². The van der Waals surface area contributed by atoms with Crippen molar-refractivity contribution in [1.29, 1.82) is 0 Å². The molecule has 0 heterocycles. The number of nitrogens with two attached hydrogens (primary N) is 1. The maximum atomic E-state index is 13.1. The van der Waals surface area contributed by atoms with Gasteiger partial charge in [0, 0.05) is 4.47 Å². The molecule has 0 unspecified atom stereocenters. The van der Waals surface area contributed by atoms with Crippen molar-refractivity contribution in [2.45, 2.75) is 6.18 Å². The fraction of sp³-hybridized carbons (Fsp3) is 0.125. The van der Waals surface area contributed by atoms with Crippen molar-refractivity contribution in [3.05, 3.63) is 27.5 Å². The lowest BCUT2D eigenvalue weighted by molar-refractivity contribution is -0.140. The SMILES string of the molecule is Nc1c(Br)cc(F)c(C(F)(F)F)c1C(=O)O. The van der Waals surface area contributed by atoms with Crippen LogP contribution in [0.25, 0.3) is 0 Å². The zero-order chi connectivity index (χ0) is 12.7. The van der Waals surface area contributed by atoms with E-state index < -0.39 is 34.8 Å². The second-order valence-electron chi connectivity index (χ2n) is 2.81. The predicted molar refractivity (Wildman–Crippen MR) is 50.5 cm³/mol. The molecule has 8 heteroatoms. The van der Waals surface area contributed by atoms with E-state index in [0.717, 1.165) is 0 Å². The van der Waals surface area contributed by atoms with Crippen LogP contribution >= 0.6 is 15.9 Å². The fourth-order valence-corrected chi connectivity index (χ4v) is 1.53. The molecule has 1 aromatic rings. The number of carbonyl (C=O) groups is 1. The van der Waals surface area contributed by atoms with Crippen LogP contribution < -0.4 is 5.73 Å². The standard InChI is InChI=1S/C8H4BrF4NO2/c9-2-1-3(10)5(8(11,12)13)4(6(2)14)7(15)16/h1H,14H2,(H,15,16). The lowest BCUT2D eigenvalue weighted by atomic mass is 10.0. The third-order valence-electron chi connectivity index (χ3n) is 1.77. The van der Waals surface area contributed by atoms with Crippen LogP contribution in [0.5, 0.6) is 0 Å². The second kappa shape index (κ2) is 3.93. The third kappa shape index (κ3) is 2.11. The highest BCUT2D eigenvalue weighted by Crippen LogP contribution is 2.39. The Kier molecular flexibility index (Phi) is 3.13. The van der Waals surface area contributed by atoms with Crippen LogP contribution in [0.4, 0.5) is 23.2 Å². The number of carboxylic acids is 1. The summed E-state index contributed by atoms with van der Waals surface area (Å²) >= 11 is 2.67. The number of halogens is 5. The zero-order valence-electron chi connectivity index (χ0n) is 7.40. The fourth-order valence-electron chi connectivity index (χ4n) is 1.13. The lowest BCUT2D eigenvalue weighted by Crippen LogP contribution is -2.18. The highest BCUT2D eigenvalue weighted by molar-refractivity contribution is 9.10. The van der Waals surface area contributed by atoms with Crippen LogP contribution in [0.3, 0.4) is 0 Å². The van der Waals surface area contributed by atoms with Gasteiger partial charge in [-0.1, -0.05) is 0 Å². The number of carboxylic acid groups (broad SMARTS) is 1. The van der Waals surface area contributed by atoms with E-state index in [2.05, 4.69) is 15.9 Å². The first-order valence-corrected chi connectivity index (χ1v) is 4.53. The van der Waals surface area contributed by atoms with E-state index in [1.807, 2.05) is 0 Å². The number of benzene rings is 1. The molecule has 0 aliphatic heterocycles. The summed E-state index contributed by atoms with van der Waals surface area (Å²) in [6, 6.07) is 0.477. The highest BCUT2D eigenvalue weighted by Gasteiger charge is 2.40. The monoisotopic (exact) mass is 301 g/mol. The molecule has 1 aromatic carbocycles. The minimum atomic E-state index is -5.12. The summed E-state index contributed by atoms with van der Waals surface area (Å²) in [7, 11) is 0. The summed E-state index contributed by atoms with van der Waals surface area (Å²) in [4.78, 5) is 10.6. The Morgan fingerprint density at radius 3 is 2.31 bits per heavy atom. The first-order valence-electron chi connectivity index (χ1n) is 3.74. The van der Waals surface area contributed by atoms with E-state index in [1.165, 1.54) is 0 Å². The Labute approximate surface area is 95.0 Å². The molecule has 0 amide bonds. The Morgan fingerprint density at radius 2 is 1.94 bits per heavy atom. The normalized spacial score (nSPS) is 11.6. The molecule has 3 N–H and O–H groups in total. The van der Waals surface area contributed by atoms with Gasteiger partial charge in [-0.05, 0) is 22.0 Å². The minimum absolute atomic E-state index is 0.240. The summed E-state index contributed by atoms with van der Waals surface area (Å²) in [6.45, 7) is 0. The summed E-state index contributed by atoms with van der Waals surface area (Å²) in [5, 5.41) is 8.59. The van der Waals surface area contributed by atoms with E-state index in [9.17, 15) is 22.4 Å². The van der Waals surface area contributed by atoms with Gasteiger partial charge >= 0.3 is 12.1 Å². The molecule has 3 nitrogen and oxygen atoms in total. The van der Waals surface area contributed by atoms with Gasteiger partial charge in [-0.15, -0.1) is 0 Å². The van der Waals surface area contributed by atoms with Crippen molar-refractivity contribution in [2.75, 3.05) is 5.73 Å². The average molecular weight is 302 g/mol. The molecule has 0 atom stereocenters. The van der Waals surface area contributed by atoms with E-state index in [1.54, 1.807) is 0 Å². The van der Waals surface area contributed by atoms with Gasteiger partial charge in [0.1, 0.15) is 11.4 Å². The number of rotatable bonds is 1. The lowest BCUT2D eigenvalue weighted by Gasteiger charge is -2.14. The number of anilines is 1. The molecule has 88 valence electrons. The second-order valence-corrected chi connectivity index (χ2v) is 3.66. The van der Waals surface area contributed by atoms with Crippen molar-refractivity contribution in [3.8, 4) is 0 Å². The molecule has 0 fully saturated rings. The first kappa shape index (κ1) is 12.8. The van der Waals surface area contributed by atoms with E-state index in [4.69, 9.17) is 10.8 Å². The van der Waals surface area contributed by atoms with Crippen molar-refractivity contribution in [3.63, 3.8) is 0 Å². The van der Waals surface area contributed by atoms with Crippen molar-refractivity contribution >= 4 is 27.6 Å². The molecule has 16 heavy (non-hydrogen) atoms. The van der Waals surface area contributed by atoms with Gasteiger partial charge in [-0.25, -0.2) is 9.18 Å². The molecule has 0 saturated heterocycles. The predicted octanol–water partition coefficient (Wildman–Crippen LogP) is 2.89. The molecular weight excluding hydrogens is 298 g/mol. The van der Waals surface area contributed by atoms with Gasteiger partial charge < -0.3 is 10.8 Å². The summed E-state index contributed by atoms with van der Waals surface area (Å²) in [5.74, 6) is -3.63. The highest BCUT2D eigenvalue weighted by atomic mass is 79.9. The van der Waals surface area contributed by atoms with E-state index in [0.29, 0.717) is 6.07 Å². The molecule has 0 radical (unpaired) electrons. The summed E-state index contributed by atoms with van der Waals surface area (Å²) < 4.78 is 50.1. The average Bonchev–Trinajstić information content (AvgIpc) is 2.07. The maximum Gasteiger partial charge on any atom is 0.420 e. The third-order valence-corrected chi connectivity index (χ3v) is 2.42. The molecule has 0 aliphatic carbocycles. The smallest absolute Gasteiger partial charge is 0.420 e. The van der Waals surface area contributed by atoms with Crippen molar-refractivity contribution < 1.29 is 27.5 Å². The topological polar surface area (TPSA) is 63.3 Å². The van der Waals surface area contributed by atoms with Crippen LogP contribution in [0, 0.1) is 5.82 Å². The first-order chi connectivity index (χ1) is 7.16. The Morgan fingerprint density at radius 1 is 1.44 bits per heavy atom. The summed E-state index contributed by atoms with van der Waals surface area (Å²) in [5.41, 5.74) is 1.32. The van der Waals surface area contributed by atoms with Gasteiger partial charge in [-0.2, -0.15) is 13.2 Å². The van der Waals surface area contributed by atoms with Crippen LogP contribution in [-0.2, 0) is 6.18 Å². The number of aromatic carboxylic acids is 1. The molecule has 0 aliphatic rings. The Hall–Kier alpha value is -1.31. The van der Waals surface area contributed by atoms with Gasteiger partial charge in [0.2, 0.25) is 0 Å². The van der Waals surface area contributed by atoms with E-state index >= 15 is 0 Å². The van der Waals surface area contributed by atoms with Crippen LogP contribution in [0.1, 0.15) is 15.9 Å². The molecule has 1 rings (SSSR count). The molecule has 0 saturated carbocycles. The largest absolute Gasteiger partial charge is 0.478 e. The summed E-state index contributed by atoms with van der Waals surface area (Å²) in [6.07, 6.45) is -5.12. The molecule has 0 spiro atoms. The van der Waals surface area contributed by atoms with Gasteiger partial charge in [0.15, 0.2) is 0 Å². The Bertz CT molecular complexity index is 458. The Balaban J connectivity index is 3.72. The van der Waals surface area contributed by atoms with Crippen LogP contribution in [0.15, 0.2) is 10.5 Å². The van der Waals surface area contributed by atoms with Gasteiger partial charge in [-0.3, -0.25) is 0 Å². The quantitative estimate of drug-likeness (QED) is 0.619. The molecule has 0 bridgehead atoms. The van der Waals surface area contributed by atoms with Gasteiger partial charge in [0.25, 0.3) is 0 Å². The maximum absolute atomic E-state index is 13.1. The molecular formula is C8H4BrF4NO2. The van der Waals surface area contributed by atoms with Crippen LogP contribution in [-0.4, -0.2) is 11.1 Å². The number of nitrogen functional groups attached to an aromatic ring is 1. The minimum Gasteiger partial charge on any atom is -0.478 e. The number of hydrogen-bond acceptors (Lipinski definition) is 2. The van der Waals surface area contributed by atoms with Crippen molar-refractivity contribution in [2.24, 2.45) is 0 Å². The number of hydrogen-bond donors (Lipinski definition) is 2. The van der Waals surface area contributed by atoms with E-state index in [-0.39, 0.29) is 4.47 Å².